The molecule has 1 fully saturated rings. The van der Waals surface area contributed by atoms with Crippen molar-refractivity contribution >= 4 is 11.7 Å². The van der Waals surface area contributed by atoms with Crippen molar-refractivity contribution in [3.8, 4) is 0 Å². The second-order valence-corrected chi connectivity index (χ2v) is 6.43. The maximum Gasteiger partial charge on any atom is 0.321 e. The summed E-state index contributed by atoms with van der Waals surface area (Å²) in [6.07, 6.45) is 4.76. The van der Waals surface area contributed by atoms with Gasteiger partial charge >= 0.3 is 6.03 Å². The summed E-state index contributed by atoms with van der Waals surface area (Å²) in [7, 11) is 0. The topological polar surface area (TPSA) is 35.6 Å². The highest BCUT2D eigenvalue weighted by Gasteiger charge is 2.21. The summed E-state index contributed by atoms with van der Waals surface area (Å²) in [6, 6.07) is 6.25. The van der Waals surface area contributed by atoms with Crippen LogP contribution in [0.4, 0.5) is 10.5 Å². The molecule has 0 atom stereocenters. The molecule has 1 saturated heterocycles. The molecule has 128 valence electrons. The number of carbonyl (C=O) groups is 1. The lowest BCUT2D eigenvalue weighted by atomic mass is 10.1. The van der Waals surface area contributed by atoms with Crippen molar-refractivity contribution in [3.63, 3.8) is 0 Å². The van der Waals surface area contributed by atoms with E-state index >= 15 is 0 Å². The Hall–Kier alpha value is -1.55. The molecule has 0 aliphatic carbocycles. The van der Waals surface area contributed by atoms with Gasteiger partial charge in [0.1, 0.15) is 0 Å². The van der Waals surface area contributed by atoms with Crippen LogP contribution in [0.15, 0.2) is 18.2 Å². The first kappa shape index (κ1) is 17.8. The van der Waals surface area contributed by atoms with Gasteiger partial charge in [0.15, 0.2) is 0 Å². The zero-order valence-electron chi connectivity index (χ0n) is 14.9. The Bertz CT molecular complexity index is 507. The Morgan fingerprint density at radius 2 is 1.87 bits per heavy atom. The lowest BCUT2D eigenvalue weighted by Crippen LogP contribution is -2.50. The molecule has 23 heavy (non-hydrogen) atoms. The summed E-state index contributed by atoms with van der Waals surface area (Å²) in [6.45, 7) is 11.2. The van der Waals surface area contributed by atoms with Crippen LogP contribution in [-0.2, 0) is 6.42 Å². The molecule has 2 amide bonds. The quantitative estimate of drug-likeness (QED) is 0.808. The summed E-state index contributed by atoms with van der Waals surface area (Å²) in [4.78, 5) is 17.0. The predicted molar refractivity (Wildman–Crippen MR) is 97.1 cm³/mol. The third kappa shape index (κ3) is 4.96. The summed E-state index contributed by atoms with van der Waals surface area (Å²) < 4.78 is 0. The third-order valence-electron chi connectivity index (χ3n) is 4.71. The average Bonchev–Trinajstić information content (AvgIpc) is 2.57. The second kappa shape index (κ2) is 8.92. The van der Waals surface area contributed by atoms with Crippen LogP contribution in [0, 0.1) is 6.92 Å². The van der Waals surface area contributed by atoms with E-state index in [4.69, 9.17) is 0 Å². The molecule has 1 aromatic rings. The largest absolute Gasteiger partial charge is 0.322 e. The molecule has 1 heterocycles. The van der Waals surface area contributed by atoms with E-state index in [2.05, 4.69) is 49.2 Å². The zero-order chi connectivity index (χ0) is 16.7. The van der Waals surface area contributed by atoms with Gasteiger partial charge < -0.3 is 10.2 Å². The molecule has 0 bridgehead atoms. The fourth-order valence-corrected chi connectivity index (χ4v) is 3.15. The number of hydrogen-bond acceptors (Lipinski definition) is 2. The summed E-state index contributed by atoms with van der Waals surface area (Å²) in [5, 5.41) is 3.14. The molecule has 4 nitrogen and oxygen atoms in total. The van der Waals surface area contributed by atoms with Crippen molar-refractivity contribution in [2.45, 2.75) is 46.5 Å². The van der Waals surface area contributed by atoms with Gasteiger partial charge in [0.05, 0.1) is 0 Å². The number of rotatable bonds is 6. The van der Waals surface area contributed by atoms with Crippen LogP contribution in [0.5, 0.6) is 0 Å². The van der Waals surface area contributed by atoms with Crippen LogP contribution in [-0.4, -0.2) is 48.6 Å². The molecule has 0 aromatic heterocycles. The highest BCUT2D eigenvalue weighted by atomic mass is 16.2. The number of piperazine rings is 1. The molecule has 0 saturated carbocycles. The Kier molecular flexibility index (Phi) is 6.90. The number of amides is 2. The van der Waals surface area contributed by atoms with Gasteiger partial charge in [0, 0.05) is 31.9 Å². The number of anilines is 1. The van der Waals surface area contributed by atoms with Gasteiger partial charge in [-0.3, -0.25) is 4.90 Å². The standard InChI is InChI=1S/C19H31N3O/c1-4-6-7-11-21-12-14-22(15-13-21)19(23)20-18-16(3)9-8-10-17(18)5-2/h8-10H,4-7,11-15H2,1-3H3,(H,20,23). The van der Waals surface area contributed by atoms with E-state index in [0.717, 1.165) is 43.9 Å². The molecular weight excluding hydrogens is 286 g/mol. The average molecular weight is 317 g/mol. The van der Waals surface area contributed by atoms with Crippen LogP contribution in [0.2, 0.25) is 0 Å². The molecule has 1 N–H and O–H groups in total. The monoisotopic (exact) mass is 317 g/mol. The van der Waals surface area contributed by atoms with Crippen LogP contribution in [0.1, 0.15) is 44.2 Å². The molecule has 1 aliphatic rings. The van der Waals surface area contributed by atoms with Gasteiger partial charge in [-0.25, -0.2) is 4.79 Å². The van der Waals surface area contributed by atoms with Crippen molar-refractivity contribution in [1.29, 1.82) is 0 Å². The van der Waals surface area contributed by atoms with Crippen LogP contribution >= 0.6 is 0 Å². The summed E-state index contributed by atoms with van der Waals surface area (Å²) in [5.74, 6) is 0. The summed E-state index contributed by atoms with van der Waals surface area (Å²) in [5.41, 5.74) is 3.33. The SMILES string of the molecule is CCCCCN1CCN(C(=O)Nc2c(C)cccc2CC)CC1. The number of benzene rings is 1. The minimum Gasteiger partial charge on any atom is -0.322 e. The highest BCUT2D eigenvalue weighted by molar-refractivity contribution is 5.91. The van der Waals surface area contributed by atoms with Crippen LogP contribution in [0.25, 0.3) is 0 Å². The molecule has 1 aliphatic heterocycles. The molecule has 0 spiro atoms. The Labute approximate surface area is 140 Å². The highest BCUT2D eigenvalue weighted by Crippen LogP contribution is 2.21. The first-order valence-corrected chi connectivity index (χ1v) is 9.02. The van der Waals surface area contributed by atoms with E-state index in [-0.39, 0.29) is 6.03 Å². The Morgan fingerprint density at radius 3 is 2.52 bits per heavy atom. The van der Waals surface area contributed by atoms with Gasteiger partial charge in [-0.2, -0.15) is 0 Å². The van der Waals surface area contributed by atoms with Crippen LogP contribution < -0.4 is 5.32 Å². The van der Waals surface area contributed by atoms with Gasteiger partial charge in [-0.15, -0.1) is 0 Å². The number of nitrogens with one attached hydrogen (secondary N) is 1. The molecule has 0 unspecified atom stereocenters. The molecular formula is C19H31N3O. The third-order valence-corrected chi connectivity index (χ3v) is 4.71. The number of para-hydroxylation sites is 1. The lowest BCUT2D eigenvalue weighted by Gasteiger charge is -2.35. The molecule has 0 radical (unpaired) electrons. The summed E-state index contributed by atoms with van der Waals surface area (Å²) >= 11 is 0. The number of nitrogens with zero attached hydrogens (tertiary/aromatic N) is 2. The first-order valence-electron chi connectivity index (χ1n) is 9.02. The number of hydrogen-bond donors (Lipinski definition) is 1. The number of unbranched alkanes of at least 4 members (excludes halogenated alkanes) is 2. The first-order chi connectivity index (χ1) is 11.2. The van der Waals surface area contributed by atoms with Crippen molar-refractivity contribution in [2.24, 2.45) is 0 Å². The Balaban J connectivity index is 1.86. The van der Waals surface area contributed by atoms with E-state index in [1.165, 1.54) is 31.4 Å². The van der Waals surface area contributed by atoms with E-state index < -0.39 is 0 Å². The second-order valence-electron chi connectivity index (χ2n) is 6.43. The number of urea groups is 1. The smallest absolute Gasteiger partial charge is 0.321 e. The van der Waals surface area contributed by atoms with E-state index in [0.29, 0.717) is 0 Å². The number of aryl methyl sites for hydroxylation is 2. The van der Waals surface area contributed by atoms with Crippen molar-refractivity contribution in [3.05, 3.63) is 29.3 Å². The predicted octanol–water partition coefficient (Wildman–Crippen LogP) is 3.90. The Morgan fingerprint density at radius 1 is 1.13 bits per heavy atom. The van der Waals surface area contributed by atoms with Gasteiger partial charge in [-0.1, -0.05) is 44.9 Å². The normalized spacial score (nSPS) is 15.7. The van der Waals surface area contributed by atoms with E-state index in [9.17, 15) is 4.79 Å². The van der Waals surface area contributed by atoms with E-state index in [1.54, 1.807) is 0 Å². The minimum absolute atomic E-state index is 0.0437. The van der Waals surface area contributed by atoms with Gasteiger partial charge in [0.25, 0.3) is 0 Å². The van der Waals surface area contributed by atoms with Crippen molar-refractivity contribution in [2.75, 3.05) is 38.0 Å². The van der Waals surface area contributed by atoms with E-state index in [1.807, 2.05) is 4.90 Å². The minimum atomic E-state index is 0.0437. The van der Waals surface area contributed by atoms with Gasteiger partial charge in [-0.05, 0) is 37.4 Å². The molecule has 1 aromatic carbocycles. The van der Waals surface area contributed by atoms with Crippen molar-refractivity contribution in [1.82, 2.24) is 9.80 Å². The number of carbonyl (C=O) groups excluding carboxylic acids is 1. The maximum absolute atomic E-state index is 12.6. The van der Waals surface area contributed by atoms with Crippen LogP contribution in [0.3, 0.4) is 0 Å². The molecule has 4 heteroatoms. The molecule has 2 rings (SSSR count). The fourth-order valence-electron chi connectivity index (χ4n) is 3.15. The zero-order valence-corrected chi connectivity index (χ0v) is 14.9. The van der Waals surface area contributed by atoms with Crippen molar-refractivity contribution < 1.29 is 4.79 Å². The fraction of sp³-hybridized carbons (Fsp3) is 0.632. The van der Waals surface area contributed by atoms with Gasteiger partial charge in [0.2, 0.25) is 0 Å². The maximum atomic E-state index is 12.6. The lowest BCUT2D eigenvalue weighted by molar-refractivity contribution is 0.146.